The van der Waals surface area contributed by atoms with E-state index >= 15 is 0 Å². The van der Waals surface area contributed by atoms with Crippen molar-refractivity contribution in [3.8, 4) is 5.75 Å². The first-order valence-corrected chi connectivity index (χ1v) is 8.83. The zero-order valence-electron chi connectivity index (χ0n) is 16.2. The summed E-state index contributed by atoms with van der Waals surface area (Å²) in [6.45, 7) is 9.64. The van der Waals surface area contributed by atoms with Gasteiger partial charge < -0.3 is 24.8 Å². The monoisotopic (exact) mass is 351 g/mol. The second-order valence-electron chi connectivity index (χ2n) is 6.24. The number of nitrogens with one attached hydrogen (secondary N) is 2. The van der Waals surface area contributed by atoms with E-state index in [9.17, 15) is 0 Å². The maximum absolute atomic E-state index is 5.72. The van der Waals surface area contributed by atoms with E-state index in [4.69, 9.17) is 14.2 Å². The van der Waals surface area contributed by atoms with Crippen molar-refractivity contribution in [1.82, 2.24) is 10.6 Å². The van der Waals surface area contributed by atoms with Crippen LogP contribution in [0.2, 0.25) is 0 Å². The molecule has 1 rings (SSSR count). The first-order valence-electron chi connectivity index (χ1n) is 8.83. The summed E-state index contributed by atoms with van der Waals surface area (Å²) in [4.78, 5) is 4.24. The molecule has 0 saturated heterocycles. The lowest BCUT2D eigenvalue weighted by Gasteiger charge is -2.19. The van der Waals surface area contributed by atoms with Crippen molar-refractivity contribution in [3.05, 3.63) is 29.8 Å². The lowest BCUT2D eigenvalue weighted by atomic mass is 10.1. The third-order valence-corrected chi connectivity index (χ3v) is 3.51. The highest BCUT2D eigenvalue weighted by Crippen LogP contribution is 2.18. The fourth-order valence-corrected chi connectivity index (χ4v) is 2.08. The highest BCUT2D eigenvalue weighted by molar-refractivity contribution is 5.80. The summed E-state index contributed by atoms with van der Waals surface area (Å²) in [6.07, 6.45) is 0. The standard InChI is InChI=1S/C19H33N3O3/c1-15(2)14-25-18-8-6-17(7-9-18)16(3)22-19(20-4)21-10-11-24-13-12-23-5/h6-9,15-16H,10-14H2,1-5H3,(H2,20,21,22). The smallest absolute Gasteiger partial charge is 0.191 e. The van der Waals surface area contributed by atoms with E-state index in [-0.39, 0.29) is 6.04 Å². The highest BCUT2D eigenvalue weighted by atomic mass is 16.5. The molecular formula is C19H33N3O3. The summed E-state index contributed by atoms with van der Waals surface area (Å²) in [7, 11) is 3.43. The Bertz CT molecular complexity index is 489. The number of benzene rings is 1. The predicted molar refractivity (Wildman–Crippen MR) is 102 cm³/mol. The third-order valence-electron chi connectivity index (χ3n) is 3.51. The van der Waals surface area contributed by atoms with Crippen molar-refractivity contribution in [3.63, 3.8) is 0 Å². The molecule has 1 aromatic rings. The molecule has 0 radical (unpaired) electrons. The summed E-state index contributed by atoms with van der Waals surface area (Å²) < 4.78 is 16.1. The van der Waals surface area contributed by atoms with Gasteiger partial charge in [-0.3, -0.25) is 4.99 Å². The molecular weight excluding hydrogens is 318 g/mol. The first-order chi connectivity index (χ1) is 12.1. The maximum atomic E-state index is 5.72. The van der Waals surface area contributed by atoms with Crippen LogP contribution >= 0.6 is 0 Å². The van der Waals surface area contributed by atoms with Crippen molar-refractivity contribution in [2.75, 3.05) is 47.1 Å². The van der Waals surface area contributed by atoms with E-state index in [1.807, 2.05) is 12.1 Å². The fraction of sp³-hybridized carbons (Fsp3) is 0.632. The number of nitrogens with zero attached hydrogens (tertiary/aromatic N) is 1. The number of rotatable bonds is 11. The minimum Gasteiger partial charge on any atom is -0.493 e. The van der Waals surface area contributed by atoms with E-state index in [0.717, 1.165) is 18.3 Å². The molecule has 0 bridgehead atoms. The van der Waals surface area contributed by atoms with Crippen LogP contribution in [0.3, 0.4) is 0 Å². The van der Waals surface area contributed by atoms with Crippen LogP contribution in [0.1, 0.15) is 32.4 Å². The summed E-state index contributed by atoms with van der Waals surface area (Å²) in [5.74, 6) is 2.18. The second kappa shape index (κ2) is 12.6. The van der Waals surface area contributed by atoms with Crippen LogP contribution in [0.25, 0.3) is 0 Å². The Kier molecular flexibility index (Phi) is 10.7. The minimum atomic E-state index is 0.139. The van der Waals surface area contributed by atoms with Gasteiger partial charge in [0.1, 0.15) is 5.75 Å². The van der Waals surface area contributed by atoms with Gasteiger partial charge >= 0.3 is 0 Å². The Balaban J connectivity index is 2.38. The molecule has 0 saturated carbocycles. The molecule has 0 aliphatic carbocycles. The average molecular weight is 351 g/mol. The normalized spacial score (nSPS) is 13.0. The number of guanidine groups is 1. The van der Waals surface area contributed by atoms with Gasteiger partial charge in [0.15, 0.2) is 5.96 Å². The van der Waals surface area contributed by atoms with Gasteiger partial charge in [0, 0.05) is 20.7 Å². The lowest BCUT2D eigenvalue weighted by molar-refractivity contribution is 0.0733. The van der Waals surface area contributed by atoms with Crippen LogP contribution < -0.4 is 15.4 Å². The number of hydrogen-bond acceptors (Lipinski definition) is 4. The largest absolute Gasteiger partial charge is 0.493 e. The second-order valence-corrected chi connectivity index (χ2v) is 6.24. The maximum Gasteiger partial charge on any atom is 0.191 e. The molecule has 25 heavy (non-hydrogen) atoms. The number of methoxy groups -OCH3 is 1. The van der Waals surface area contributed by atoms with Crippen LogP contribution in [-0.2, 0) is 9.47 Å². The molecule has 6 heteroatoms. The molecule has 0 aliphatic heterocycles. The molecule has 1 atom stereocenters. The minimum absolute atomic E-state index is 0.139. The average Bonchev–Trinajstić information content (AvgIpc) is 2.62. The van der Waals surface area contributed by atoms with Crippen molar-refractivity contribution < 1.29 is 14.2 Å². The summed E-state index contributed by atoms with van der Waals surface area (Å²) >= 11 is 0. The fourth-order valence-electron chi connectivity index (χ4n) is 2.08. The zero-order valence-corrected chi connectivity index (χ0v) is 16.2. The van der Waals surface area contributed by atoms with Crippen molar-refractivity contribution in [2.24, 2.45) is 10.9 Å². The molecule has 0 heterocycles. The van der Waals surface area contributed by atoms with Crippen LogP contribution in [0.5, 0.6) is 5.75 Å². The van der Waals surface area contributed by atoms with Gasteiger partial charge in [0.05, 0.1) is 32.5 Å². The summed E-state index contributed by atoms with van der Waals surface area (Å²) in [5.41, 5.74) is 1.18. The highest BCUT2D eigenvalue weighted by Gasteiger charge is 2.08. The van der Waals surface area contributed by atoms with Gasteiger partial charge in [0.2, 0.25) is 0 Å². The Morgan fingerprint density at radius 2 is 1.80 bits per heavy atom. The van der Waals surface area contributed by atoms with Gasteiger partial charge in [0.25, 0.3) is 0 Å². The van der Waals surface area contributed by atoms with Gasteiger partial charge in [-0.25, -0.2) is 0 Å². The van der Waals surface area contributed by atoms with Gasteiger partial charge in [-0.15, -0.1) is 0 Å². The van der Waals surface area contributed by atoms with Crippen LogP contribution in [0, 0.1) is 5.92 Å². The Hall–Kier alpha value is -1.79. The molecule has 142 valence electrons. The van der Waals surface area contributed by atoms with Gasteiger partial charge in [-0.1, -0.05) is 26.0 Å². The quantitative estimate of drug-likeness (QED) is 0.364. The topological polar surface area (TPSA) is 64.1 Å². The van der Waals surface area contributed by atoms with Crippen LogP contribution in [-0.4, -0.2) is 53.1 Å². The number of aliphatic imine (C=N–C) groups is 1. The van der Waals surface area contributed by atoms with Crippen molar-refractivity contribution >= 4 is 5.96 Å². The van der Waals surface area contributed by atoms with Crippen molar-refractivity contribution in [1.29, 1.82) is 0 Å². The number of ether oxygens (including phenoxy) is 3. The zero-order chi connectivity index (χ0) is 18.5. The Labute approximate surface area is 152 Å². The summed E-state index contributed by atoms with van der Waals surface area (Å²) in [6, 6.07) is 8.31. The van der Waals surface area contributed by atoms with E-state index in [2.05, 4.69) is 48.5 Å². The molecule has 0 aromatic heterocycles. The van der Waals surface area contributed by atoms with E-state index in [0.29, 0.717) is 32.3 Å². The molecule has 0 amide bonds. The van der Waals surface area contributed by atoms with E-state index in [1.165, 1.54) is 5.56 Å². The molecule has 2 N–H and O–H groups in total. The van der Waals surface area contributed by atoms with Crippen LogP contribution in [0.4, 0.5) is 0 Å². The van der Waals surface area contributed by atoms with Crippen LogP contribution in [0.15, 0.2) is 29.3 Å². The molecule has 0 spiro atoms. The molecule has 1 unspecified atom stereocenters. The molecule has 1 aromatic carbocycles. The van der Waals surface area contributed by atoms with Gasteiger partial charge in [-0.05, 0) is 30.5 Å². The predicted octanol–water partition coefficient (Wildman–Crippen LogP) is 2.61. The van der Waals surface area contributed by atoms with E-state index in [1.54, 1.807) is 14.2 Å². The lowest BCUT2D eigenvalue weighted by Crippen LogP contribution is -2.40. The van der Waals surface area contributed by atoms with Crippen molar-refractivity contribution in [2.45, 2.75) is 26.8 Å². The molecule has 0 aliphatic rings. The Morgan fingerprint density at radius 1 is 1.08 bits per heavy atom. The molecule has 0 fully saturated rings. The molecule has 6 nitrogen and oxygen atoms in total. The first kappa shape index (κ1) is 21.3. The SMILES string of the molecule is CN=C(NCCOCCOC)NC(C)c1ccc(OCC(C)C)cc1. The summed E-state index contributed by atoms with van der Waals surface area (Å²) in [5, 5.41) is 6.61. The third kappa shape index (κ3) is 9.31. The van der Waals surface area contributed by atoms with Gasteiger partial charge in [-0.2, -0.15) is 0 Å². The van der Waals surface area contributed by atoms with E-state index < -0.39 is 0 Å². The number of hydrogen-bond donors (Lipinski definition) is 2. The Morgan fingerprint density at radius 3 is 2.40 bits per heavy atom.